The zero-order chi connectivity index (χ0) is 22.8. The van der Waals surface area contributed by atoms with Crippen molar-refractivity contribution in [1.82, 2.24) is 10.2 Å². The van der Waals surface area contributed by atoms with Crippen LogP contribution in [0.1, 0.15) is 31.4 Å². The molecule has 2 amide bonds. The zero-order valence-corrected chi connectivity index (χ0v) is 19.6. The Kier molecular flexibility index (Phi) is 10.1. The van der Waals surface area contributed by atoms with Crippen LogP contribution in [0, 0.1) is 5.82 Å². The van der Waals surface area contributed by atoms with Gasteiger partial charge in [0.2, 0.25) is 11.8 Å². The molecular weight excluding hydrogens is 439 g/mol. The SMILES string of the molecule is CCCNC(=O)[C@H](C)N(Cc1cccc(OC)c1)C(=O)CSCc1c(F)cccc1Cl. The van der Waals surface area contributed by atoms with Crippen molar-refractivity contribution in [3.8, 4) is 5.75 Å². The number of carbonyl (C=O) groups is 2. The molecule has 1 N–H and O–H groups in total. The molecule has 168 valence electrons. The number of rotatable bonds is 11. The van der Waals surface area contributed by atoms with Crippen LogP contribution in [0.5, 0.6) is 5.75 Å². The van der Waals surface area contributed by atoms with Crippen molar-refractivity contribution in [3.63, 3.8) is 0 Å². The third kappa shape index (κ3) is 7.43. The topological polar surface area (TPSA) is 58.6 Å². The highest BCUT2D eigenvalue weighted by Gasteiger charge is 2.26. The normalized spacial score (nSPS) is 11.6. The minimum absolute atomic E-state index is 0.0973. The highest BCUT2D eigenvalue weighted by atomic mass is 35.5. The molecule has 2 rings (SSSR count). The van der Waals surface area contributed by atoms with Gasteiger partial charge in [0.25, 0.3) is 0 Å². The first-order chi connectivity index (χ1) is 14.9. The maximum absolute atomic E-state index is 14.0. The van der Waals surface area contributed by atoms with Gasteiger partial charge in [-0.1, -0.05) is 36.7 Å². The third-order valence-corrected chi connectivity index (χ3v) is 6.04. The van der Waals surface area contributed by atoms with Crippen molar-refractivity contribution in [2.75, 3.05) is 19.4 Å². The Bertz CT molecular complexity index is 877. The molecule has 0 aromatic heterocycles. The van der Waals surface area contributed by atoms with Gasteiger partial charge in [-0.15, -0.1) is 11.8 Å². The molecule has 0 aliphatic heterocycles. The summed E-state index contributed by atoms with van der Waals surface area (Å²) in [7, 11) is 1.58. The Labute approximate surface area is 192 Å². The number of hydrogen-bond donors (Lipinski definition) is 1. The number of hydrogen-bond acceptors (Lipinski definition) is 4. The number of halogens is 2. The van der Waals surface area contributed by atoms with Gasteiger partial charge in [-0.2, -0.15) is 0 Å². The maximum Gasteiger partial charge on any atom is 0.242 e. The molecule has 2 aromatic rings. The van der Waals surface area contributed by atoms with E-state index in [-0.39, 0.29) is 29.9 Å². The van der Waals surface area contributed by atoms with Crippen LogP contribution in [-0.4, -0.2) is 42.2 Å². The average Bonchev–Trinajstić information content (AvgIpc) is 2.77. The van der Waals surface area contributed by atoms with Gasteiger partial charge in [0.15, 0.2) is 0 Å². The number of nitrogens with zero attached hydrogens (tertiary/aromatic N) is 1. The van der Waals surface area contributed by atoms with Crippen LogP contribution < -0.4 is 10.1 Å². The van der Waals surface area contributed by atoms with Crippen LogP contribution in [0.3, 0.4) is 0 Å². The Morgan fingerprint density at radius 2 is 2.00 bits per heavy atom. The lowest BCUT2D eigenvalue weighted by molar-refractivity contribution is -0.138. The largest absolute Gasteiger partial charge is 0.497 e. The average molecular weight is 467 g/mol. The van der Waals surface area contributed by atoms with Gasteiger partial charge in [0.1, 0.15) is 17.6 Å². The molecule has 0 spiro atoms. The number of ether oxygens (including phenoxy) is 1. The lowest BCUT2D eigenvalue weighted by Crippen LogP contribution is -2.48. The first-order valence-electron chi connectivity index (χ1n) is 10.1. The summed E-state index contributed by atoms with van der Waals surface area (Å²) in [5.41, 5.74) is 1.22. The summed E-state index contributed by atoms with van der Waals surface area (Å²) in [4.78, 5) is 27.1. The molecule has 2 aromatic carbocycles. The molecule has 0 bridgehead atoms. The van der Waals surface area contributed by atoms with E-state index in [1.54, 1.807) is 26.2 Å². The molecule has 1 atom stereocenters. The number of nitrogens with one attached hydrogen (secondary N) is 1. The standard InChI is InChI=1S/C23H28ClFN2O3S/c1-4-11-26-23(29)16(2)27(13-17-7-5-8-18(12-17)30-3)22(28)15-31-14-19-20(24)9-6-10-21(19)25/h5-10,12,16H,4,11,13-15H2,1-3H3,(H,26,29)/t16-/m0/s1. The van der Waals surface area contributed by atoms with Crippen LogP contribution in [0.4, 0.5) is 4.39 Å². The molecule has 0 aliphatic rings. The predicted octanol–water partition coefficient (Wildman–Crippen LogP) is 4.66. The van der Waals surface area contributed by atoms with Gasteiger partial charge in [-0.3, -0.25) is 9.59 Å². The monoisotopic (exact) mass is 466 g/mol. The summed E-state index contributed by atoms with van der Waals surface area (Å²) in [5, 5.41) is 3.18. The van der Waals surface area contributed by atoms with Gasteiger partial charge in [0.05, 0.1) is 12.9 Å². The van der Waals surface area contributed by atoms with Gasteiger partial charge < -0.3 is 15.0 Å². The molecule has 0 heterocycles. The Morgan fingerprint density at radius 3 is 2.68 bits per heavy atom. The maximum atomic E-state index is 14.0. The van der Waals surface area contributed by atoms with Gasteiger partial charge in [0, 0.05) is 29.4 Å². The van der Waals surface area contributed by atoms with E-state index in [9.17, 15) is 14.0 Å². The number of benzene rings is 2. The van der Waals surface area contributed by atoms with E-state index in [2.05, 4.69) is 5.32 Å². The molecule has 5 nitrogen and oxygen atoms in total. The molecule has 0 saturated heterocycles. The Balaban J connectivity index is 2.11. The molecule has 0 saturated carbocycles. The van der Waals surface area contributed by atoms with Gasteiger partial charge in [-0.25, -0.2) is 4.39 Å². The summed E-state index contributed by atoms with van der Waals surface area (Å²) in [6.07, 6.45) is 0.807. The second kappa shape index (κ2) is 12.6. The summed E-state index contributed by atoms with van der Waals surface area (Å²) in [5.74, 6) is 0.227. The van der Waals surface area contributed by atoms with Crippen molar-refractivity contribution < 1.29 is 18.7 Å². The Morgan fingerprint density at radius 1 is 1.26 bits per heavy atom. The fourth-order valence-electron chi connectivity index (χ4n) is 2.94. The van der Waals surface area contributed by atoms with E-state index in [1.165, 1.54) is 22.7 Å². The van der Waals surface area contributed by atoms with Crippen molar-refractivity contribution in [1.29, 1.82) is 0 Å². The van der Waals surface area contributed by atoms with E-state index < -0.39 is 11.9 Å². The summed E-state index contributed by atoms with van der Waals surface area (Å²) in [6, 6.07) is 11.2. The number of methoxy groups -OCH3 is 1. The number of amides is 2. The van der Waals surface area contributed by atoms with Crippen LogP contribution in [-0.2, 0) is 21.9 Å². The Hall–Kier alpha value is -2.25. The lowest BCUT2D eigenvalue weighted by Gasteiger charge is -2.29. The minimum Gasteiger partial charge on any atom is -0.497 e. The molecule has 0 unspecified atom stereocenters. The second-order valence-corrected chi connectivity index (χ2v) is 8.43. The van der Waals surface area contributed by atoms with Crippen LogP contribution in [0.25, 0.3) is 0 Å². The fraction of sp³-hybridized carbons (Fsp3) is 0.391. The fourth-order valence-corrected chi connectivity index (χ4v) is 4.19. The van der Waals surface area contributed by atoms with Crippen molar-refractivity contribution in [2.45, 2.75) is 38.6 Å². The third-order valence-electron chi connectivity index (χ3n) is 4.74. The summed E-state index contributed by atoms with van der Waals surface area (Å²) in [6.45, 7) is 4.48. The van der Waals surface area contributed by atoms with Crippen molar-refractivity contribution in [3.05, 3.63) is 64.4 Å². The molecule has 0 radical (unpaired) electrons. The molecule has 0 fully saturated rings. The van der Waals surface area contributed by atoms with E-state index in [1.807, 2.05) is 31.2 Å². The first kappa shape index (κ1) is 25.0. The first-order valence-corrected chi connectivity index (χ1v) is 11.6. The lowest BCUT2D eigenvalue weighted by atomic mass is 10.1. The highest BCUT2D eigenvalue weighted by Crippen LogP contribution is 2.24. The van der Waals surface area contributed by atoms with E-state index >= 15 is 0 Å². The summed E-state index contributed by atoms with van der Waals surface area (Å²) < 4.78 is 19.2. The quantitative estimate of drug-likeness (QED) is 0.523. The number of thioether (sulfide) groups is 1. The van der Waals surface area contributed by atoms with Crippen LogP contribution >= 0.6 is 23.4 Å². The number of carbonyl (C=O) groups excluding carboxylic acids is 2. The highest BCUT2D eigenvalue weighted by molar-refractivity contribution is 7.99. The molecular formula is C23H28ClFN2O3S. The van der Waals surface area contributed by atoms with E-state index in [4.69, 9.17) is 16.3 Å². The zero-order valence-electron chi connectivity index (χ0n) is 18.0. The van der Waals surface area contributed by atoms with E-state index in [0.29, 0.717) is 22.9 Å². The van der Waals surface area contributed by atoms with Crippen LogP contribution in [0.15, 0.2) is 42.5 Å². The van der Waals surface area contributed by atoms with Crippen LogP contribution in [0.2, 0.25) is 5.02 Å². The van der Waals surface area contributed by atoms with Gasteiger partial charge in [-0.05, 0) is 43.2 Å². The summed E-state index contributed by atoms with van der Waals surface area (Å²) >= 11 is 7.33. The second-order valence-electron chi connectivity index (χ2n) is 7.03. The van der Waals surface area contributed by atoms with E-state index in [0.717, 1.165) is 12.0 Å². The molecule has 0 aliphatic carbocycles. The van der Waals surface area contributed by atoms with Gasteiger partial charge >= 0.3 is 0 Å². The van der Waals surface area contributed by atoms with Crippen molar-refractivity contribution >= 4 is 35.2 Å². The predicted molar refractivity (Wildman–Crippen MR) is 124 cm³/mol. The van der Waals surface area contributed by atoms with Crippen molar-refractivity contribution in [2.24, 2.45) is 0 Å². The smallest absolute Gasteiger partial charge is 0.242 e. The molecule has 31 heavy (non-hydrogen) atoms. The molecule has 8 heteroatoms. The minimum atomic E-state index is -0.650.